The molecule has 1 fully saturated rings. The zero-order valence-corrected chi connectivity index (χ0v) is 9.86. The molecule has 0 spiro atoms. The number of rotatable bonds is 2. The van der Waals surface area contributed by atoms with Crippen molar-refractivity contribution in [2.24, 2.45) is 0 Å². The first-order valence-electron chi connectivity index (χ1n) is 5.78. The molecule has 0 aromatic rings. The van der Waals surface area contributed by atoms with Crippen molar-refractivity contribution in [2.45, 2.75) is 19.3 Å². The topological polar surface area (TPSA) is 58.6 Å². The number of nitrogens with zero attached hydrogens (tertiary/aromatic N) is 1. The van der Waals surface area contributed by atoms with Crippen molar-refractivity contribution >= 4 is 11.8 Å². The van der Waals surface area contributed by atoms with Gasteiger partial charge >= 0.3 is 5.97 Å². The van der Waals surface area contributed by atoms with Crippen molar-refractivity contribution in [3.63, 3.8) is 0 Å². The molecule has 0 aromatic heterocycles. The number of piperidine rings is 1. The van der Waals surface area contributed by atoms with E-state index in [1.54, 1.807) is 6.08 Å². The number of ether oxygens (including phenoxy) is 1. The van der Waals surface area contributed by atoms with Crippen LogP contribution in [0.3, 0.4) is 0 Å². The van der Waals surface area contributed by atoms with Gasteiger partial charge in [-0.3, -0.25) is 4.79 Å². The average molecular weight is 236 g/mol. The molecule has 2 aliphatic heterocycles. The van der Waals surface area contributed by atoms with E-state index in [1.165, 1.54) is 19.6 Å². The van der Waals surface area contributed by atoms with Gasteiger partial charge < -0.3 is 15.0 Å². The molecule has 0 atom stereocenters. The number of nitrogens with one attached hydrogen (secondary N) is 1. The number of likely N-dealkylation sites (tertiary alicyclic amines) is 1. The van der Waals surface area contributed by atoms with Gasteiger partial charge in [0.2, 0.25) is 5.78 Å². The Kier molecular flexibility index (Phi) is 3.46. The average Bonchev–Trinajstić information content (AvgIpc) is 2.72. The second-order valence-electron chi connectivity index (χ2n) is 4.15. The number of hydrogen-bond donors (Lipinski definition) is 1. The fourth-order valence-corrected chi connectivity index (χ4v) is 2.03. The maximum absolute atomic E-state index is 11.6. The minimum Gasteiger partial charge on any atom is -0.466 e. The van der Waals surface area contributed by atoms with Gasteiger partial charge in [0, 0.05) is 19.2 Å². The third kappa shape index (κ3) is 2.67. The van der Waals surface area contributed by atoms with E-state index in [-0.39, 0.29) is 11.5 Å². The summed E-state index contributed by atoms with van der Waals surface area (Å²) in [5, 5.41) is 2.97. The van der Waals surface area contributed by atoms with Crippen LogP contribution in [0.5, 0.6) is 0 Å². The number of carbonyl (C=O) groups is 2. The molecule has 2 heterocycles. The van der Waals surface area contributed by atoms with Gasteiger partial charge in [-0.15, -0.1) is 0 Å². The van der Waals surface area contributed by atoms with E-state index in [1.807, 2.05) is 0 Å². The lowest BCUT2D eigenvalue weighted by atomic mass is 10.1. The quantitative estimate of drug-likeness (QED) is 0.560. The second kappa shape index (κ2) is 5.03. The van der Waals surface area contributed by atoms with Crippen molar-refractivity contribution in [3.05, 3.63) is 23.7 Å². The van der Waals surface area contributed by atoms with Crippen LogP contribution in [0.25, 0.3) is 0 Å². The van der Waals surface area contributed by atoms with Gasteiger partial charge in [0.25, 0.3) is 0 Å². The Bertz CT molecular complexity index is 393. The first-order valence-corrected chi connectivity index (χ1v) is 5.78. The van der Waals surface area contributed by atoms with Crippen molar-refractivity contribution in [1.82, 2.24) is 10.2 Å². The van der Waals surface area contributed by atoms with Crippen LogP contribution in [0.4, 0.5) is 0 Å². The number of esters is 1. The monoisotopic (exact) mass is 236 g/mol. The molecule has 1 N–H and O–H groups in total. The molecule has 5 nitrogen and oxygen atoms in total. The second-order valence-corrected chi connectivity index (χ2v) is 4.15. The highest BCUT2D eigenvalue weighted by molar-refractivity contribution is 6.09. The molecular weight excluding hydrogens is 220 g/mol. The molecule has 2 aliphatic rings. The predicted octanol–water partition coefficient (Wildman–Crippen LogP) is 0.543. The number of carbonyl (C=O) groups excluding carboxylic acids is 2. The zero-order valence-electron chi connectivity index (χ0n) is 9.86. The van der Waals surface area contributed by atoms with Gasteiger partial charge in [-0.25, -0.2) is 4.79 Å². The molecule has 17 heavy (non-hydrogen) atoms. The van der Waals surface area contributed by atoms with Crippen molar-refractivity contribution in [3.8, 4) is 0 Å². The van der Waals surface area contributed by atoms with Gasteiger partial charge in [-0.1, -0.05) is 0 Å². The summed E-state index contributed by atoms with van der Waals surface area (Å²) in [4.78, 5) is 24.8. The van der Waals surface area contributed by atoms with E-state index in [9.17, 15) is 9.59 Å². The Morgan fingerprint density at radius 3 is 2.76 bits per heavy atom. The summed E-state index contributed by atoms with van der Waals surface area (Å²) in [5.74, 6) is 0.106. The van der Waals surface area contributed by atoms with Crippen LogP contribution in [-0.4, -0.2) is 36.9 Å². The lowest BCUT2D eigenvalue weighted by Gasteiger charge is -2.29. The molecule has 0 bridgehead atoms. The Labute approximate surface area is 100 Å². The number of allylic oxidation sites excluding steroid dienone is 1. The molecule has 92 valence electrons. The van der Waals surface area contributed by atoms with Gasteiger partial charge in [0.05, 0.1) is 18.9 Å². The number of methoxy groups -OCH3 is 1. The van der Waals surface area contributed by atoms with Crippen molar-refractivity contribution in [1.29, 1.82) is 0 Å². The molecule has 0 saturated carbocycles. The molecule has 5 heteroatoms. The fourth-order valence-electron chi connectivity index (χ4n) is 2.03. The summed E-state index contributed by atoms with van der Waals surface area (Å²) < 4.78 is 4.50. The van der Waals surface area contributed by atoms with Crippen LogP contribution in [0.15, 0.2) is 23.7 Å². The number of ketones is 1. The zero-order chi connectivity index (χ0) is 12.3. The van der Waals surface area contributed by atoms with Gasteiger partial charge in [-0.05, 0) is 19.3 Å². The maximum Gasteiger partial charge on any atom is 0.332 e. The van der Waals surface area contributed by atoms with Crippen molar-refractivity contribution in [2.75, 3.05) is 20.2 Å². The molecule has 0 aromatic carbocycles. The molecular formula is C12H16N2O3. The third-order valence-electron chi connectivity index (χ3n) is 2.96. The fraction of sp³-hybridized carbons (Fsp3) is 0.500. The van der Waals surface area contributed by atoms with Crippen LogP contribution in [-0.2, 0) is 14.3 Å². The maximum atomic E-state index is 11.6. The summed E-state index contributed by atoms with van der Waals surface area (Å²) in [5.41, 5.74) is 0.289. The van der Waals surface area contributed by atoms with E-state index in [2.05, 4.69) is 15.0 Å². The standard InChI is InChI=1S/C12H16N2O3/c1-17-12(16)7-9-10(15)8-11(13-9)14-5-3-2-4-6-14/h7-8,13H,2-6H2,1H3/b9-7+. The summed E-state index contributed by atoms with van der Waals surface area (Å²) >= 11 is 0. The third-order valence-corrected chi connectivity index (χ3v) is 2.96. The Balaban J connectivity index is 2.04. The lowest BCUT2D eigenvalue weighted by molar-refractivity contribution is -0.135. The molecule has 0 amide bonds. The molecule has 1 saturated heterocycles. The van der Waals surface area contributed by atoms with Gasteiger partial charge in [-0.2, -0.15) is 0 Å². The van der Waals surface area contributed by atoms with Crippen molar-refractivity contribution < 1.29 is 14.3 Å². The predicted molar refractivity (Wildman–Crippen MR) is 61.7 cm³/mol. The van der Waals surface area contributed by atoms with E-state index in [4.69, 9.17) is 0 Å². The van der Waals surface area contributed by atoms with Gasteiger partial charge in [0.1, 0.15) is 5.82 Å². The van der Waals surface area contributed by atoms with E-state index < -0.39 is 5.97 Å². The largest absolute Gasteiger partial charge is 0.466 e. The minimum absolute atomic E-state index is 0.170. The van der Waals surface area contributed by atoms with Crippen LogP contribution in [0, 0.1) is 0 Å². The SMILES string of the molecule is COC(=O)/C=C1/NC(N2CCCCC2)=CC1=O. The molecule has 0 unspecified atom stereocenters. The smallest absolute Gasteiger partial charge is 0.332 e. The Morgan fingerprint density at radius 2 is 2.12 bits per heavy atom. The highest BCUT2D eigenvalue weighted by atomic mass is 16.5. The first kappa shape index (κ1) is 11.7. The summed E-state index contributed by atoms with van der Waals surface area (Å²) in [6.07, 6.45) is 6.25. The number of hydrogen-bond acceptors (Lipinski definition) is 5. The van der Waals surface area contributed by atoms with E-state index >= 15 is 0 Å². The van der Waals surface area contributed by atoms with E-state index in [0.717, 1.165) is 31.8 Å². The van der Waals surface area contributed by atoms with Gasteiger partial charge in [0.15, 0.2) is 0 Å². The summed E-state index contributed by atoms with van der Waals surface area (Å²) in [6, 6.07) is 0. The van der Waals surface area contributed by atoms with Crippen LogP contribution < -0.4 is 5.32 Å². The van der Waals surface area contributed by atoms with Crippen LogP contribution >= 0.6 is 0 Å². The lowest BCUT2D eigenvalue weighted by Crippen LogP contribution is -2.33. The molecule has 0 radical (unpaired) electrons. The molecule has 0 aliphatic carbocycles. The highest BCUT2D eigenvalue weighted by Gasteiger charge is 2.23. The summed E-state index contributed by atoms with van der Waals surface area (Å²) in [6.45, 7) is 1.91. The van der Waals surface area contributed by atoms with Crippen LogP contribution in [0.1, 0.15) is 19.3 Å². The first-order chi connectivity index (χ1) is 8.20. The minimum atomic E-state index is -0.519. The molecule has 2 rings (SSSR count). The Hall–Kier alpha value is -1.78. The normalized spacial score (nSPS) is 22.4. The Morgan fingerprint density at radius 1 is 1.41 bits per heavy atom. The van der Waals surface area contributed by atoms with Crippen LogP contribution in [0.2, 0.25) is 0 Å². The van der Waals surface area contributed by atoms with E-state index in [0.29, 0.717) is 0 Å². The summed E-state index contributed by atoms with van der Waals surface area (Å²) in [7, 11) is 1.29. The highest BCUT2D eigenvalue weighted by Crippen LogP contribution is 2.18.